The molecule has 2 aliphatic carbocycles. The van der Waals surface area contributed by atoms with Gasteiger partial charge >= 0.3 is 259 Å². The Kier molecular flexibility index (Phi) is 15.7. The van der Waals surface area contributed by atoms with E-state index in [1.54, 1.807) is 0 Å². The Morgan fingerprint density at radius 3 is 1.89 bits per heavy atom. The van der Waals surface area contributed by atoms with Crippen molar-refractivity contribution in [3.05, 3.63) is 111 Å². The summed E-state index contributed by atoms with van der Waals surface area (Å²) >= 11 is 16.0. The van der Waals surface area contributed by atoms with Gasteiger partial charge < -0.3 is 0 Å². The maximum absolute atomic E-state index is 5.93. The summed E-state index contributed by atoms with van der Waals surface area (Å²) in [6.45, 7) is 0. The summed E-state index contributed by atoms with van der Waals surface area (Å²) in [6, 6.07) is 19.3. The number of halogens is 1. The molecule has 0 fully saturated rings. The van der Waals surface area contributed by atoms with Gasteiger partial charge in [-0.25, -0.2) is 0 Å². The quantitative estimate of drug-likeness (QED) is 0.226. The van der Waals surface area contributed by atoms with Crippen molar-refractivity contribution in [2.75, 3.05) is 0 Å². The Hall–Kier alpha value is -1.13. The summed E-state index contributed by atoms with van der Waals surface area (Å²) in [5, 5.41) is 1.99. The van der Waals surface area contributed by atoms with Crippen molar-refractivity contribution in [2.24, 2.45) is 4.99 Å². The molecular weight excluding hydrogens is 642 g/mol. The first-order valence-corrected chi connectivity index (χ1v) is 17.0. The van der Waals surface area contributed by atoms with Gasteiger partial charge in [0.25, 0.3) is 0 Å². The van der Waals surface area contributed by atoms with Gasteiger partial charge in [-0.15, -0.1) is 0 Å². The molecule has 0 N–H and O–H groups in total. The van der Waals surface area contributed by atoms with E-state index in [-0.39, 0.29) is 0 Å². The fraction of sp³-hybridized carbons (Fsp3) is 0.364. The Bertz CT molecular complexity index is 1070. The molecule has 1 aliphatic heterocycles. The standard InChI is InChI=1S/C17H16ClNSe.2C8H11.2Ni/c18-14-8-6-13(7-9-14)17-11-10-15(19-17)12-20-16-4-2-1-3-5-16;2*1-2-4-6-8-7-5-3-1;;/h1-9,15H,10-12H2;2*1-2,7H,3-6H2;;. The summed E-state index contributed by atoms with van der Waals surface area (Å²) in [5.41, 5.74) is 2.47. The molecule has 2 aromatic rings. The average Bonchev–Trinajstić information content (AvgIpc) is 3.38. The first kappa shape index (κ1) is 31.4. The van der Waals surface area contributed by atoms with Crippen molar-refractivity contribution in [3.63, 3.8) is 0 Å². The molecule has 5 rings (SSSR count). The minimum absolute atomic E-state index is 0.501. The van der Waals surface area contributed by atoms with E-state index in [4.69, 9.17) is 47.5 Å². The van der Waals surface area contributed by atoms with Gasteiger partial charge in [-0.3, -0.25) is 0 Å². The second kappa shape index (κ2) is 19.0. The molecular formula is C33H38ClNNi2Se. The number of allylic oxidation sites excluding steroid dienone is 8. The number of aliphatic imine (C=N–C) groups is 1. The first-order valence-electron chi connectivity index (χ1n) is 13.5. The molecule has 5 heteroatoms. The van der Waals surface area contributed by atoms with E-state index in [2.05, 4.69) is 78.9 Å². The average molecular weight is 680 g/mol. The molecule has 0 spiro atoms. The third-order valence-electron chi connectivity index (χ3n) is 6.19. The SMILES string of the molecule is Clc1ccc(C2=NC(C[Se]c3ccccc3)CC2)cc1.[Ni][C]1=CCCC=CCC1.[Ni][C]1=CCCC=CCC1. The van der Waals surface area contributed by atoms with E-state index in [9.17, 15) is 0 Å². The monoisotopic (exact) mass is 679 g/mol. The summed E-state index contributed by atoms with van der Waals surface area (Å²) in [6.07, 6.45) is 24.7. The second-order valence-corrected chi connectivity index (χ2v) is 13.3. The summed E-state index contributed by atoms with van der Waals surface area (Å²) in [5.74, 6) is 0. The Balaban J connectivity index is 0.000000184. The van der Waals surface area contributed by atoms with Gasteiger partial charge in [0.15, 0.2) is 0 Å². The number of hydrogen-bond donors (Lipinski definition) is 0. The third kappa shape index (κ3) is 13.3. The van der Waals surface area contributed by atoms with Crippen LogP contribution in [0.1, 0.15) is 69.8 Å². The van der Waals surface area contributed by atoms with Crippen molar-refractivity contribution in [3.8, 4) is 0 Å². The molecule has 3 aliphatic rings. The molecule has 38 heavy (non-hydrogen) atoms. The Morgan fingerprint density at radius 1 is 0.711 bits per heavy atom. The van der Waals surface area contributed by atoms with E-state index in [0.29, 0.717) is 21.0 Å². The number of rotatable bonds is 4. The molecule has 0 aromatic heterocycles. The molecule has 2 aromatic carbocycles. The maximum atomic E-state index is 5.93. The van der Waals surface area contributed by atoms with Gasteiger partial charge in [-0.1, -0.05) is 0 Å². The van der Waals surface area contributed by atoms with Gasteiger partial charge in [-0.2, -0.15) is 0 Å². The molecule has 0 saturated heterocycles. The number of hydrogen-bond acceptors (Lipinski definition) is 1. The van der Waals surface area contributed by atoms with Gasteiger partial charge in [-0.05, 0) is 0 Å². The van der Waals surface area contributed by atoms with Crippen molar-refractivity contribution in [1.29, 1.82) is 0 Å². The van der Waals surface area contributed by atoms with Crippen LogP contribution in [0.3, 0.4) is 0 Å². The molecule has 0 amide bonds. The van der Waals surface area contributed by atoms with Crippen LogP contribution < -0.4 is 4.46 Å². The van der Waals surface area contributed by atoms with Crippen LogP contribution in [0.25, 0.3) is 0 Å². The van der Waals surface area contributed by atoms with Crippen LogP contribution in [0.15, 0.2) is 105 Å². The predicted molar refractivity (Wildman–Crippen MR) is 159 cm³/mol. The van der Waals surface area contributed by atoms with E-state index in [1.807, 2.05) is 12.1 Å². The van der Waals surface area contributed by atoms with Crippen LogP contribution >= 0.6 is 11.6 Å². The Labute approximate surface area is 257 Å². The predicted octanol–water partition coefficient (Wildman–Crippen LogP) is 8.83. The molecule has 1 heterocycles. The zero-order chi connectivity index (χ0) is 26.8. The van der Waals surface area contributed by atoms with E-state index >= 15 is 0 Å². The van der Waals surface area contributed by atoms with Crippen molar-refractivity contribution in [2.45, 2.75) is 75.6 Å². The third-order valence-corrected chi connectivity index (χ3v) is 9.77. The van der Waals surface area contributed by atoms with Crippen molar-refractivity contribution in [1.82, 2.24) is 0 Å². The van der Waals surface area contributed by atoms with Gasteiger partial charge in [0.2, 0.25) is 0 Å². The Morgan fingerprint density at radius 2 is 1.29 bits per heavy atom. The topological polar surface area (TPSA) is 12.4 Å². The summed E-state index contributed by atoms with van der Waals surface area (Å²) in [7, 11) is 0. The molecule has 1 atom stereocenters. The van der Waals surface area contributed by atoms with Crippen molar-refractivity contribution < 1.29 is 30.9 Å². The number of benzene rings is 2. The van der Waals surface area contributed by atoms with Gasteiger partial charge in [0.05, 0.1) is 0 Å². The van der Waals surface area contributed by atoms with Crippen LogP contribution in [0.5, 0.6) is 0 Å². The van der Waals surface area contributed by atoms with E-state index in [1.165, 1.54) is 49.4 Å². The summed E-state index contributed by atoms with van der Waals surface area (Å²) in [4.78, 5) is 4.89. The van der Waals surface area contributed by atoms with Crippen LogP contribution in [0.2, 0.25) is 10.3 Å². The number of nitrogens with zero attached hydrogens (tertiary/aromatic N) is 1. The fourth-order valence-corrected chi connectivity index (χ4v) is 6.84. The van der Waals surface area contributed by atoms with E-state index in [0.717, 1.165) is 50.0 Å². The van der Waals surface area contributed by atoms with Crippen molar-refractivity contribution >= 4 is 36.7 Å². The van der Waals surface area contributed by atoms with Gasteiger partial charge in [0, 0.05) is 0 Å². The minimum atomic E-state index is 0.501. The van der Waals surface area contributed by atoms with Crippen LogP contribution in [0.4, 0.5) is 0 Å². The molecule has 208 valence electrons. The molecule has 0 saturated carbocycles. The van der Waals surface area contributed by atoms with Gasteiger partial charge in [0.1, 0.15) is 0 Å². The van der Waals surface area contributed by atoms with Crippen LogP contribution in [0, 0.1) is 0 Å². The zero-order valence-electron chi connectivity index (χ0n) is 21.9. The zero-order valence-corrected chi connectivity index (χ0v) is 26.3. The van der Waals surface area contributed by atoms with Crippen LogP contribution in [-0.2, 0) is 30.9 Å². The molecule has 0 radical (unpaired) electrons. The summed E-state index contributed by atoms with van der Waals surface area (Å²) < 4.78 is 3.83. The fourth-order valence-electron chi connectivity index (χ4n) is 4.10. The molecule has 1 nitrogen and oxygen atoms in total. The molecule has 1 unspecified atom stereocenters. The first-order chi connectivity index (χ1) is 18.6. The molecule has 0 bridgehead atoms. The normalized spacial score (nSPS) is 19.2. The second-order valence-electron chi connectivity index (χ2n) is 9.30. The van der Waals surface area contributed by atoms with Crippen LogP contribution in [-0.4, -0.2) is 26.7 Å². The van der Waals surface area contributed by atoms with E-state index < -0.39 is 0 Å².